The van der Waals surface area contributed by atoms with Crippen molar-refractivity contribution in [2.45, 2.75) is 25.7 Å². The Balaban J connectivity index is 1.83. The van der Waals surface area contributed by atoms with Crippen LogP contribution in [0, 0.1) is 0 Å². The van der Waals surface area contributed by atoms with Gasteiger partial charge in [-0.3, -0.25) is 0 Å². The summed E-state index contributed by atoms with van der Waals surface area (Å²) in [6, 6.07) is 9.56. The monoisotopic (exact) mass is 329 g/mol. The number of rotatable bonds is 3. The number of benzene rings is 1. The fourth-order valence-electron chi connectivity index (χ4n) is 3.17. The van der Waals surface area contributed by atoms with E-state index in [4.69, 9.17) is 0 Å². The van der Waals surface area contributed by atoms with Crippen LogP contribution >= 0.6 is 0 Å². The molecule has 0 atom stereocenters. The van der Waals surface area contributed by atoms with Gasteiger partial charge in [0, 0.05) is 32.6 Å². The van der Waals surface area contributed by atoms with E-state index in [1.807, 2.05) is 42.2 Å². The minimum Gasteiger partial charge on any atom is -0.338 e. The highest BCUT2D eigenvalue weighted by molar-refractivity contribution is 5.74. The first-order chi connectivity index (χ1) is 11.6. The predicted octanol–water partition coefficient (Wildman–Crippen LogP) is 1.48. The maximum absolute atomic E-state index is 12.5. The average Bonchev–Trinajstić information content (AvgIpc) is 2.91. The lowest BCUT2D eigenvalue weighted by Crippen LogP contribution is -2.44. The molecular weight excluding hydrogens is 306 g/mol. The van der Waals surface area contributed by atoms with Gasteiger partial charge in [0.1, 0.15) is 5.82 Å². The molecule has 7 heteroatoms. The highest BCUT2D eigenvalue weighted by Crippen LogP contribution is 2.27. The molecule has 128 valence electrons. The Labute approximate surface area is 140 Å². The number of amides is 2. The zero-order valence-electron chi connectivity index (χ0n) is 14.1. The number of urea groups is 1. The molecule has 24 heavy (non-hydrogen) atoms. The van der Waals surface area contributed by atoms with Gasteiger partial charge in [-0.1, -0.05) is 18.2 Å². The molecule has 1 saturated heterocycles. The van der Waals surface area contributed by atoms with Crippen LogP contribution in [-0.2, 0) is 7.05 Å². The van der Waals surface area contributed by atoms with Gasteiger partial charge in [0.25, 0.3) is 0 Å². The first kappa shape index (κ1) is 16.3. The summed E-state index contributed by atoms with van der Waals surface area (Å²) in [5.74, 6) is 0.953. The van der Waals surface area contributed by atoms with Crippen LogP contribution in [-0.4, -0.2) is 44.9 Å². The first-order valence-corrected chi connectivity index (χ1v) is 8.36. The van der Waals surface area contributed by atoms with Crippen LogP contribution in [0.4, 0.5) is 4.79 Å². The van der Waals surface area contributed by atoms with Crippen LogP contribution < -0.4 is 11.0 Å². The maximum atomic E-state index is 12.5. The molecular formula is C17H23N5O2. The Morgan fingerprint density at radius 3 is 2.54 bits per heavy atom. The Morgan fingerprint density at radius 2 is 1.92 bits per heavy atom. The molecule has 2 amide bonds. The number of para-hydroxylation sites is 1. The minimum absolute atomic E-state index is 0.0163. The Hall–Kier alpha value is -2.57. The number of hydrogen-bond acceptors (Lipinski definition) is 3. The van der Waals surface area contributed by atoms with Gasteiger partial charge in [0.15, 0.2) is 0 Å². The topological polar surface area (TPSA) is 72.2 Å². The third-order valence-corrected chi connectivity index (χ3v) is 4.44. The normalized spacial score (nSPS) is 15.5. The SMILES string of the molecule is CCNC(=O)N1CCC(c2nn(C)c(=O)n2-c2ccccc2)CC1. The predicted molar refractivity (Wildman–Crippen MR) is 91.4 cm³/mol. The summed E-state index contributed by atoms with van der Waals surface area (Å²) >= 11 is 0. The largest absolute Gasteiger partial charge is 0.350 e. The summed E-state index contributed by atoms with van der Waals surface area (Å²) in [7, 11) is 1.68. The molecule has 1 aliphatic rings. The van der Waals surface area contributed by atoms with Gasteiger partial charge in [-0.2, -0.15) is 5.10 Å². The van der Waals surface area contributed by atoms with Crippen molar-refractivity contribution in [1.29, 1.82) is 0 Å². The molecule has 1 aromatic carbocycles. The molecule has 2 heterocycles. The molecule has 1 aliphatic heterocycles. The van der Waals surface area contributed by atoms with Crippen LogP contribution in [0.25, 0.3) is 5.69 Å². The van der Waals surface area contributed by atoms with Crippen molar-refractivity contribution in [1.82, 2.24) is 24.6 Å². The van der Waals surface area contributed by atoms with Gasteiger partial charge >= 0.3 is 11.7 Å². The lowest BCUT2D eigenvalue weighted by Gasteiger charge is -2.31. The van der Waals surface area contributed by atoms with Crippen LogP contribution in [0.2, 0.25) is 0 Å². The second-order valence-electron chi connectivity index (χ2n) is 6.03. The number of aryl methyl sites for hydroxylation is 1. The number of carbonyl (C=O) groups is 1. The number of piperidine rings is 1. The third-order valence-electron chi connectivity index (χ3n) is 4.44. The molecule has 1 aromatic heterocycles. The number of hydrogen-bond donors (Lipinski definition) is 1. The van der Waals surface area contributed by atoms with Gasteiger partial charge in [-0.25, -0.2) is 18.8 Å². The third kappa shape index (κ3) is 3.06. The summed E-state index contributed by atoms with van der Waals surface area (Å²) in [6.07, 6.45) is 1.61. The molecule has 3 rings (SSSR count). The highest BCUT2D eigenvalue weighted by atomic mass is 16.2. The summed E-state index contributed by atoms with van der Waals surface area (Å²) in [6.45, 7) is 3.90. The lowest BCUT2D eigenvalue weighted by atomic mass is 9.96. The summed E-state index contributed by atoms with van der Waals surface area (Å²) in [4.78, 5) is 26.2. The quantitative estimate of drug-likeness (QED) is 0.927. The second-order valence-corrected chi connectivity index (χ2v) is 6.03. The van der Waals surface area contributed by atoms with E-state index in [1.165, 1.54) is 4.68 Å². The number of likely N-dealkylation sites (tertiary alicyclic amines) is 1. The van der Waals surface area contributed by atoms with Gasteiger partial charge < -0.3 is 10.2 Å². The van der Waals surface area contributed by atoms with E-state index < -0.39 is 0 Å². The zero-order valence-corrected chi connectivity index (χ0v) is 14.1. The van der Waals surface area contributed by atoms with E-state index in [2.05, 4.69) is 10.4 Å². The summed E-state index contributed by atoms with van der Waals surface area (Å²) < 4.78 is 3.07. The second kappa shape index (κ2) is 6.90. The van der Waals surface area contributed by atoms with Gasteiger partial charge in [0.2, 0.25) is 0 Å². The molecule has 7 nitrogen and oxygen atoms in total. The molecule has 2 aromatic rings. The van der Waals surface area contributed by atoms with Gasteiger partial charge in [-0.05, 0) is 31.9 Å². The van der Waals surface area contributed by atoms with E-state index in [0.717, 1.165) is 24.4 Å². The van der Waals surface area contributed by atoms with Crippen LogP contribution in [0.5, 0.6) is 0 Å². The van der Waals surface area contributed by atoms with E-state index in [9.17, 15) is 9.59 Å². The molecule has 1 fully saturated rings. The fraction of sp³-hybridized carbons (Fsp3) is 0.471. The van der Waals surface area contributed by atoms with E-state index >= 15 is 0 Å². The van der Waals surface area contributed by atoms with Crippen molar-refractivity contribution in [2.24, 2.45) is 7.05 Å². The average molecular weight is 329 g/mol. The van der Waals surface area contributed by atoms with Crippen molar-refractivity contribution in [3.05, 3.63) is 46.6 Å². The lowest BCUT2D eigenvalue weighted by molar-refractivity contribution is 0.180. The van der Waals surface area contributed by atoms with Crippen molar-refractivity contribution in [3.63, 3.8) is 0 Å². The molecule has 0 unspecified atom stereocenters. The smallest absolute Gasteiger partial charge is 0.338 e. The summed E-state index contributed by atoms with van der Waals surface area (Å²) in [5, 5.41) is 7.30. The minimum atomic E-state index is -0.137. The van der Waals surface area contributed by atoms with E-state index in [1.54, 1.807) is 11.6 Å². The molecule has 0 bridgehead atoms. The Bertz CT molecular complexity index is 757. The van der Waals surface area contributed by atoms with Gasteiger partial charge in [-0.15, -0.1) is 0 Å². The molecule has 0 spiro atoms. The van der Waals surface area contributed by atoms with Gasteiger partial charge in [0.05, 0.1) is 5.69 Å². The van der Waals surface area contributed by atoms with Crippen LogP contribution in [0.15, 0.2) is 35.1 Å². The van der Waals surface area contributed by atoms with Crippen molar-refractivity contribution in [3.8, 4) is 5.69 Å². The number of carbonyl (C=O) groups excluding carboxylic acids is 1. The van der Waals surface area contributed by atoms with Crippen molar-refractivity contribution in [2.75, 3.05) is 19.6 Å². The maximum Gasteiger partial charge on any atom is 0.350 e. The van der Waals surface area contributed by atoms with E-state index in [-0.39, 0.29) is 17.6 Å². The van der Waals surface area contributed by atoms with Crippen molar-refractivity contribution < 1.29 is 4.79 Å². The molecule has 0 saturated carbocycles. The fourth-order valence-corrected chi connectivity index (χ4v) is 3.17. The number of aromatic nitrogens is 3. The Morgan fingerprint density at radius 1 is 1.25 bits per heavy atom. The molecule has 0 radical (unpaired) electrons. The summed E-state index contributed by atoms with van der Waals surface area (Å²) in [5.41, 5.74) is 0.694. The van der Waals surface area contributed by atoms with Crippen LogP contribution in [0.1, 0.15) is 31.5 Å². The Kier molecular flexibility index (Phi) is 4.69. The van der Waals surface area contributed by atoms with Crippen molar-refractivity contribution >= 4 is 6.03 Å². The molecule has 1 N–H and O–H groups in total. The van der Waals surface area contributed by atoms with E-state index in [0.29, 0.717) is 19.6 Å². The zero-order chi connectivity index (χ0) is 17.1. The van der Waals surface area contributed by atoms with Crippen LogP contribution in [0.3, 0.4) is 0 Å². The first-order valence-electron chi connectivity index (χ1n) is 8.36. The number of nitrogens with one attached hydrogen (secondary N) is 1. The number of nitrogens with zero attached hydrogens (tertiary/aromatic N) is 4. The molecule has 0 aliphatic carbocycles. The standard InChI is InChI=1S/C17H23N5O2/c1-3-18-16(23)21-11-9-13(10-12-21)15-19-20(2)17(24)22(15)14-7-5-4-6-8-14/h4-8,13H,3,9-12H2,1-2H3,(H,18,23). The highest BCUT2D eigenvalue weighted by Gasteiger charge is 2.28.